The van der Waals surface area contributed by atoms with E-state index in [0.717, 1.165) is 32.4 Å². The Kier molecular flexibility index (Phi) is 5.86. The molecule has 4 heteroatoms. The van der Waals surface area contributed by atoms with E-state index in [1.54, 1.807) is 12.1 Å². The molecule has 1 amide bonds. The molecule has 1 aromatic heterocycles. The van der Waals surface area contributed by atoms with Gasteiger partial charge in [0.1, 0.15) is 11.8 Å². The van der Waals surface area contributed by atoms with Crippen molar-refractivity contribution in [1.29, 1.82) is 5.26 Å². The molecular weight excluding hydrogens is 226 g/mol. The third-order valence-electron chi connectivity index (χ3n) is 2.69. The molecule has 0 bridgehead atoms. The average Bonchev–Trinajstić information content (AvgIpc) is 2.43. The van der Waals surface area contributed by atoms with E-state index >= 15 is 0 Å². The Morgan fingerprint density at radius 1 is 1.33 bits per heavy atom. The zero-order valence-corrected chi connectivity index (χ0v) is 11.0. The summed E-state index contributed by atoms with van der Waals surface area (Å²) in [5, 5.41) is 8.67. The first-order valence-electron chi connectivity index (χ1n) is 6.38. The lowest BCUT2D eigenvalue weighted by molar-refractivity contribution is 0.0753. The molecule has 96 valence electrons. The van der Waals surface area contributed by atoms with Crippen molar-refractivity contribution in [3.8, 4) is 6.07 Å². The molecule has 0 aliphatic carbocycles. The molecule has 4 nitrogen and oxygen atoms in total. The number of carbonyl (C=O) groups is 1. The van der Waals surface area contributed by atoms with Crippen LogP contribution in [0.1, 0.15) is 49.2 Å². The summed E-state index contributed by atoms with van der Waals surface area (Å²) in [6.45, 7) is 5.71. The Morgan fingerprint density at radius 2 is 2.11 bits per heavy atom. The SMILES string of the molecule is CCCCN(CCC)C(=O)c1ccc(C#N)nc1. The van der Waals surface area contributed by atoms with Gasteiger partial charge < -0.3 is 4.90 Å². The fraction of sp³-hybridized carbons (Fsp3) is 0.500. The second-order valence-corrected chi connectivity index (χ2v) is 4.19. The molecule has 0 spiro atoms. The van der Waals surface area contributed by atoms with E-state index in [0.29, 0.717) is 11.3 Å². The van der Waals surface area contributed by atoms with Gasteiger partial charge in [-0.3, -0.25) is 4.79 Å². The topological polar surface area (TPSA) is 57.0 Å². The summed E-state index contributed by atoms with van der Waals surface area (Å²) in [6, 6.07) is 5.20. The second kappa shape index (κ2) is 7.44. The highest BCUT2D eigenvalue weighted by atomic mass is 16.2. The Bertz CT molecular complexity index is 420. The maximum Gasteiger partial charge on any atom is 0.255 e. The van der Waals surface area contributed by atoms with Gasteiger partial charge in [0.25, 0.3) is 5.91 Å². The van der Waals surface area contributed by atoms with Gasteiger partial charge in [0.15, 0.2) is 0 Å². The van der Waals surface area contributed by atoms with Crippen LogP contribution in [0.25, 0.3) is 0 Å². The molecule has 0 fully saturated rings. The van der Waals surface area contributed by atoms with Crippen LogP contribution in [0.3, 0.4) is 0 Å². The number of nitrogens with zero attached hydrogens (tertiary/aromatic N) is 3. The van der Waals surface area contributed by atoms with Crippen molar-refractivity contribution in [3.05, 3.63) is 29.6 Å². The first-order chi connectivity index (χ1) is 8.72. The third kappa shape index (κ3) is 3.85. The van der Waals surface area contributed by atoms with Crippen molar-refractivity contribution in [3.63, 3.8) is 0 Å². The molecule has 0 aromatic carbocycles. The monoisotopic (exact) mass is 245 g/mol. The van der Waals surface area contributed by atoms with Gasteiger partial charge >= 0.3 is 0 Å². The number of pyridine rings is 1. The van der Waals surface area contributed by atoms with Crippen LogP contribution in [-0.4, -0.2) is 28.9 Å². The zero-order chi connectivity index (χ0) is 13.4. The van der Waals surface area contributed by atoms with Crippen molar-refractivity contribution in [2.75, 3.05) is 13.1 Å². The zero-order valence-electron chi connectivity index (χ0n) is 11.0. The summed E-state index contributed by atoms with van der Waals surface area (Å²) < 4.78 is 0. The molecule has 1 aromatic rings. The number of unbranched alkanes of at least 4 members (excludes halogenated alkanes) is 1. The van der Waals surface area contributed by atoms with E-state index in [-0.39, 0.29) is 5.91 Å². The molecular formula is C14H19N3O. The summed E-state index contributed by atoms with van der Waals surface area (Å²) >= 11 is 0. The molecule has 0 unspecified atom stereocenters. The summed E-state index contributed by atoms with van der Waals surface area (Å²) in [5.41, 5.74) is 0.890. The summed E-state index contributed by atoms with van der Waals surface area (Å²) in [6.07, 6.45) is 4.50. The molecule has 1 heterocycles. The van der Waals surface area contributed by atoms with Gasteiger partial charge in [-0.25, -0.2) is 4.98 Å². The molecule has 0 aliphatic rings. The second-order valence-electron chi connectivity index (χ2n) is 4.19. The van der Waals surface area contributed by atoms with E-state index in [9.17, 15) is 4.79 Å². The van der Waals surface area contributed by atoms with E-state index in [1.807, 2.05) is 11.0 Å². The van der Waals surface area contributed by atoms with Crippen LogP contribution in [0.15, 0.2) is 18.3 Å². The van der Waals surface area contributed by atoms with Gasteiger partial charge in [-0.1, -0.05) is 20.3 Å². The van der Waals surface area contributed by atoms with Gasteiger partial charge in [-0.2, -0.15) is 5.26 Å². The van der Waals surface area contributed by atoms with Crippen molar-refractivity contribution in [2.45, 2.75) is 33.1 Å². The standard InChI is InChI=1S/C14H19N3O/c1-3-5-9-17(8-4-2)14(18)12-6-7-13(10-15)16-11-12/h6-7,11H,3-5,8-9H2,1-2H3. The maximum atomic E-state index is 12.2. The number of amides is 1. The number of hydrogen-bond donors (Lipinski definition) is 0. The number of rotatable bonds is 6. The molecule has 0 radical (unpaired) electrons. The lowest BCUT2D eigenvalue weighted by Crippen LogP contribution is -2.32. The largest absolute Gasteiger partial charge is 0.339 e. The highest BCUT2D eigenvalue weighted by Crippen LogP contribution is 2.07. The average molecular weight is 245 g/mol. The predicted octanol–water partition coefficient (Wildman–Crippen LogP) is 2.61. The molecule has 0 aliphatic heterocycles. The third-order valence-corrected chi connectivity index (χ3v) is 2.69. The van der Waals surface area contributed by atoms with Crippen molar-refractivity contribution >= 4 is 5.91 Å². The molecule has 0 saturated heterocycles. The van der Waals surface area contributed by atoms with Crippen LogP contribution in [0.5, 0.6) is 0 Å². The van der Waals surface area contributed by atoms with Gasteiger partial charge in [0.2, 0.25) is 0 Å². The quantitative estimate of drug-likeness (QED) is 0.774. The lowest BCUT2D eigenvalue weighted by atomic mass is 10.2. The van der Waals surface area contributed by atoms with Crippen LogP contribution >= 0.6 is 0 Å². The van der Waals surface area contributed by atoms with E-state index in [1.165, 1.54) is 6.20 Å². The van der Waals surface area contributed by atoms with Gasteiger partial charge in [0.05, 0.1) is 5.56 Å². The van der Waals surface area contributed by atoms with Gasteiger partial charge in [0, 0.05) is 19.3 Å². The minimum Gasteiger partial charge on any atom is -0.339 e. The summed E-state index contributed by atoms with van der Waals surface area (Å²) in [7, 11) is 0. The highest BCUT2D eigenvalue weighted by molar-refractivity contribution is 5.93. The molecule has 0 saturated carbocycles. The Morgan fingerprint density at radius 3 is 2.61 bits per heavy atom. The Hall–Kier alpha value is -1.89. The fourth-order valence-electron chi connectivity index (χ4n) is 1.70. The Balaban J connectivity index is 2.77. The number of aromatic nitrogens is 1. The predicted molar refractivity (Wildman–Crippen MR) is 70.1 cm³/mol. The van der Waals surface area contributed by atoms with Crippen LogP contribution in [-0.2, 0) is 0 Å². The van der Waals surface area contributed by atoms with E-state index in [4.69, 9.17) is 5.26 Å². The minimum atomic E-state index is 0.00212. The van der Waals surface area contributed by atoms with Crippen molar-refractivity contribution in [2.24, 2.45) is 0 Å². The number of carbonyl (C=O) groups excluding carboxylic acids is 1. The number of nitriles is 1. The Labute approximate surface area is 108 Å². The summed E-state index contributed by atoms with van der Waals surface area (Å²) in [5.74, 6) is 0.00212. The first kappa shape index (κ1) is 14.2. The van der Waals surface area contributed by atoms with Crippen molar-refractivity contribution in [1.82, 2.24) is 9.88 Å². The minimum absolute atomic E-state index is 0.00212. The van der Waals surface area contributed by atoms with Gasteiger partial charge in [-0.15, -0.1) is 0 Å². The van der Waals surface area contributed by atoms with E-state index in [2.05, 4.69) is 18.8 Å². The van der Waals surface area contributed by atoms with E-state index < -0.39 is 0 Å². The normalized spacial score (nSPS) is 9.83. The fourth-order valence-corrected chi connectivity index (χ4v) is 1.70. The molecule has 0 atom stereocenters. The maximum absolute atomic E-state index is 12.2. The van der Waals surface area contributed by atoms with Crippen LogP contribution in [0.4, 0.5) is 0 Å². The van der Waals surface area contributed by atoms with Crippen molar-refractivity contribution < 1.29 is 4.79 Å². The van der Waals surface area contributed by atoms with Crippen LogP contribution < -0.4 is 0 Å². The van der Waals surface area contributed by atoms with Gasteiger partial charge in [-0.05, 0) is 25.0 Å². The van der Waals surface area contributed by atoms with Crippen LogP contribution in [0.2, 0.25) is 0 Å². The first-order valence-corrected chi connectivity index (χ1v) is 6.38. The molecule has 0 N–H and O–H groups in total. The van der Waals surface area contributed by atoms with Crippen LogP contribution in [0, 0.1) is 11.3 Å². The highest BCUT2D eigenvalue weighted by Gasteiger charge is 2.14. The molecule has 18 heavy (non-hydrogen) atoms. The molecule has 1 rings (SSSR count). The number of hydrogen-bond acceptors (Lipinski definition) is 3. The smallest absolute Gasteiger partial charge is 0.255 e. The summed E-state index contributed by atoms with van der Waals surface area (Å²) in [4.78, 5) is 18.0. The lowest BCUT2D eigenvalue weighted by Gasteiger charge is -2.21.